The van der Waals surface area contributed by atoms with E-state index < -0.39 is 0 Å². The van der Waals surface area contributed by atoms with Gasteiger partial charge in [0.05, 0.1) is 6.61 Å². The van der Waals surface area contributed by atoms with Crippen LogP contribution in [0.3, 0.4) is 0 Å². The summed E-state index contributed by atoms with van der Waals surface area (Å²) in [5.74, 6) is -0.186. The fraction of sp³-hybridized carbons (Fsp3) is 0.308. The van der Waals surface area contributed by atoms with Crippen molar-refractivity contribution in [2.45, 2.75) is 13.3 Å². The number of aryl methyl sites for hydroxylation is 1. The van der Waals surface area contributed by atoms with Gasteiger partial charge in [-0.3, -0.25) is 4.79 Å². The van der Waals surface area contributed by atoms with Gasteiger partial charge in [0, 0.05) is 12.6 Å². The van der Waals surface area contributed by atoms with Crippen molar-refractivity contribution in [2.75, 3.05) is 13.2 Å². The number of carbonyl (C=O) groups is 1. The molecular formula is C13H17NO2. The molecule has 0 saturated heterocycles. The van der Waals surface area contributed by atoms with Gasteiger partial charge in [-0.2, -0.15) is 0 Å². The quantitative estimate of drug-likeness (QED) is 0.735. The molecule has 0 atom stereocenters. The van der Waals surface area contributed by atoms with Crippen molar-refractivity contribution < 1.29 is 9.90 Å². The second-order valence-electron chi connectivity index (χ2n) is 3.44. The fourth-order valence-electron chi connectivity index (χ4n) is 1.27. The molecule has 0 spiro atoms. The van der Waals surface area contributed by atoms with Crippen LogP contribution in [-0.2, 0) is 11.2 Å². The molecule has 2 N–H and O–H groups in total. The molecule has 0 radical (unpaired) electrons. The van der Waals surface area contributed by atoms with Gasteiger partial charge in [0.25, 0.3) is 0 Å². The highest BCUT2D eigenvalue weighted by molar-refractivity contribution is 5.91. The van der Waals surface area contributed by atoms with E-state index in [9.17, 15) is 4.79 Å². The molecule has 0 aliphatic rings. The van der Waals surface area contributed by atoms with Crippen molar-refractivity contribution in [1.82, 2.24) is 5.32 Å². The zero-order chi connectivity index (χ0) is 11.8. The third kappa shape index (κ3) is 4.28. The standard InChI is InChI=1S/C13H17NO2/c1-2-11-3-5-12(6-4-11)7-8-13(16)14-9-10-15/h3-8,15H,2,9-10H2,1H3,(H,14,16)/b8-7+. The number of rotatable bonds is 5. The molecule has 0 saturated carbocycles. The zero-order valence-electron chi connectivity index (χ0n) is 9.44. The van der Waals surface area contributed by atoms with Crippen molar-refractivity contribution in [3.05, 3.63) is 41.5 Å². The first-order valence-corrected chi connectivity index (χ1v) is 5.42. The highest BCUT2D eigenvalue weighted by atomic mass is 16.3. The predicted molar refractivity (Wildman–Crippen MR) is 64.9 cm³/mol. The lowest BCUT2D eigenvalue weighted by atomic mass is 10.1. The van der Waals surface area contributed by atoms with Gasteiger partial charge in [0.2, 0.25) is 5.91 Å². The Morgan fingerprint density at radius 3 is 2.62 bits per heavy atom. The minimum Gasteiger partial charge on any atom is -0.395 e. The van der Waals surface area contributed by atoms with E-state index in [1.165, 1.54) is 11.6 Å². The lowest BCUT2D eigenvalue weighted by Crippen LogP contribution is -2.24. The summed E-state index contributed by atoms with van der Waals surface area (Å²) in [7, 11) is 0. The molecular weight excluding hydrogens is 202 g/mol. The number of nitrogens with one attached hydrogen (secondary N) is 1. The monoisotopic (exact) mass is 219 g/mol. The van der Waals surface area contributed by atoms with Crippen LogP contribution in [0.25, 0.3) is 6.08 Å². The van der Waals surface area contributed by atoms with Crippen molar-refractivity contribution in [1.29, 1.82) is 0 Å². The molecule has 3 heteroatoms. The lowest BCUT2D eigenvalue weighted by molar-refractivity contribution is -0.116. The van der Waals surface area contributed by atoms with Gasteiger partial charge in [-0.15, -0.1) is 0 Å². The maximum Gasteiger partial charge on any atom is 0.244 e. The Hall–Kier alpha value is -1.61. The molecule has 1 rings (SSSR count). The molecule has 1 aromatic rings. The second kappa shape index (κ2) is 6.80. The summed E-state index contributed by atoms with van der Waals surface area (Å²) in [5.41, 5.74) is 2.28. The number of aliphatic hydroxyl groups is 1. The van der Waals surface area contributed by atoms with E-state index in [0.717, 1.165) is 12.0 Å². The Morgan fingerprint density at radius 2 is 2.06 bits per heavy atom. The molecule has 1 amide bonds. The summed E-state index contributed by atoms with van der Waals surface area (Å²) < 4.78 is 0. The first-order chi connectivity index (χ1) is 7.76. The summed E-state index contributed by atoms with van der Waals surface area (Å²) in [6.07, 6.45) is 4.24. The molecule has 0 aromatic heterocycles. The average Bonchev–Trinajstić information content (AvgIpc) is 2.34. The molecule has 3 nitrogen and oxygen atoms in total. The first kappa shape index (κ1) is 12.5. The molecule has 86 valence electrons. The van der Waals surface area contributed by atoms with Crippen LogP contribution in [0.4, 0.5) is 0 Å². The van der Waals surface area contributed by atoms with Gasteiger partial charge in [-0.1, -0.05) is 31.2 Å². The lowest BCUT2D eigenvalue weighted by Gasteiger charge is -1.98. The number of benzene rings is 1. The highest BCUT2D eigenvalue weighted by Gasteiger charge is 1.93. The second-order valence-corrected chi connectivity index (χ2v) is 3.44. The van der Waals surface area contributed by atoms with Crippen LogP contribution in [0.2, 0.25) is 0 Å². The van der Waals surface area contributed by atoms with E-state index in [-0.39, 0.29) is 19.1 Å². The van der Waals surface area contributed by atoms with Gasteiger partial charge in [0.1, 0.15) is 0 Å². The highest BCUT2D eigenvalue weighted by Crippen LogP contribution is 2.06. The van der Waals surface area contributed by atoms with Crippen molar-refractivity contribution >= 4 is 12.0 Å². The molecule has 16 heavy (non-hydrogen) atoms. The Balaban J connectivity index is 2.52. The SMILES string of the molecule is CCc1ccc(/C=C/C(=O)NCCO)cc1. The molecule has 0 bridgehead atoms. The third-order valence-electron chi connectivity index (χ3n) is 2.23. The Morgan fingerprint density at radius 1 is 1.38 bits per heavy atom. The number of amides is 1. The van der Waals surface area contributed by atoms with E-state index in [2.05, 4.69) is 12.2 Å². The summed E-state index contributed by atoms with van der Waals surface area (Å²) in [6, 6.07) is 8.06. The van der Waals surface area contributed by atoms with Crippen LogP contribution in [0, 0.1) is 0 Å². The minimum absolute atomic E-state index is 0.0369. The summed E-state index contributed by atoms with van der Waals surface area (Å²) in [6.45, 7) is 2.36. The van der Waals surface area contributed by atoms with Crippen molar-refractivity contribution in [3.8, 4) is 0 Å². The van der Waals surface area contributed by atoms with E-state index in [1.807, 2.05) is 24.3 Å². The molecule has 0 aliphatic heterocycles. The van der Waals surface area contributed by atoms with Crippen molar-refractivity contribution in [3.63, 3.8) is 0 Å². The third-order valence-corrected chi connectivity index (χ3v) is 2.23. The van der Waals surface area contributed by atoms with Gasteiger partial charge >= 0.3 is 0 Å². The minimum atomic E-state index is -0.186. The largest absolute Gasteiger partial charge is 0.395 e. The van der Waals surface area contributed by atoms with E-state index >= 15 is 0 Å². The molecule has 1 aromatic carbocycles. The molecule has 0 unspecified atom stereocenters. The summed E-state index contributed by atoms with van der Waals surface area (Å²) >= 11 is 0. The van der Waals surface area contributed by atoms with Gasteiger partial charge < -0.3 is 10.4 Å². The van der Waals surface area contributed by atoms with E-state index in [0.29, 0.717) is 0 Å². The van der Waals surface area contributed by atoms with E-state index in [4.69, 9.17) is 5.11 Å². The van der Waals surface area contributed by atoms with Gasteiger partial charge in [0.15, 0.2) is 0 Å². The summed E-state index contributed by atoms with van der Waals surface area (Å²) in [4.78, 5) is 11.2. The van der Waals surface area contributed by atoms with Gasteiger partial charge in [-0.25, -0.2) is 0 Å². The Kier molecular flexibility index (Phi) is 5.29. The fourth-order valence-corrected chi connectivity index (χ4v) is 1.27. The number of carbonyl (C=O) groups excluding carboxylic acids is 1. The summed E-state index contributed by atoms with van der Waals surface area (Å²) in [5, 5.41) is 11.1. The van der Waals surface area contributed by atoms with Crippen LogP contribution in [0.5, 0.6) is 0 Å². The van der Waals surface area contributed by atoms with E-state index in [1.54, 1.807) is 6.08 Å². The number of hydrogen-bond donors (Lipinski definition) is 2. The van der Waals surface area contributed by atoms with Crippen LogP contribution in [0.15, 0.2) is 30.3 Å². The molecule has 0 fully saturated rings. The topological polar surface area (TPSA) is 49.3 Å². The number of aliphatic hydroxyl groups excluding tert-OH is 1. The van der Waals surface area contributed by atoms with Crippen molar-refractivity contribution in [2.24, 2.45) is 0 Å². The maximum atomic E-state index is 11.2. The van der Waals surface area contributed by atoms with Crippen LogP contribution >= 0.6 is 0 Å². The smallest absolute Gasteiger partial charge is 0.244 e. The van der Waals surface area contributed by atoms with Gasteiger partial charge in [-0.05, 0) is 23.6 Å². The molecule has 0 heterocycles. The Bertz CT molecular complexity index is 355. The van der Waals surface area contributed by atoms with Crippen LogP contribution in [-0.4, -0.2) is 24.2 Å². The van der Waals surface area contributed by atoms with Crippen LogP contribution < -0.4 is 5.32 Å². The zero-order valence-corrected chi connectivity index (χ0v) is 9.44. The predicted octanol–water partition coefficient (Wildman–Crippen LogP) is 1.37. The van der Waals surface area contributed by atoms with Crippen LogP contribution in [0.1, 0.15) is 18.1 Å². The average molecular weight is 219 g/mol. The normalized spacial score (nSPS) is 10.6. The Labute approximate surface area is 95.8 Å². The number of hydrogen-bond acceptors (Lipinski definition) is 2. The first-order valence-electron chi connectivity index (χ1n) is 5.42. The molecule has 0 aliphatic carbocycles. The maximum absolute atomic E-state index is 11.2.